The topological polar surface area (TPSA) is 46.9 Å². The van der Waals surface area contributed by atoms with Gasteiger partial charge in [-0.05, 0) is 25.0 Å². The first-order chi connectivity index (χ1) is 10.9. The minimum atomic E-state index is -4.50. The first-order valence-corrected chi connectivity index (χ1v) is 8.05. The molecule has 2 aromatic rings. The average molecular weight is 341 g/mol. The summed E-state index contributed by atoms with van der Waals surface area (Å²) in [4.78, 5) is 16.1. The molecule has 1 saturated carbocycles. The second kappa shape index (κ2) is 6.27. The summed E-state index contributed by atoms with van der Waals surface area (Å²) < 4.78 is 40.7. The molecule has 4 nitrogen and oxygen atoms in total. The van der Waals surface area contributed by atoms with Gasteiger partial charge in [-0.1, -0.05) is 23.9 Å². The summed E-state index contributed by atoms with van der Waals surface area (Å²) in [5.74, 6) is -0.479. The second-order valence-electron chi connectivity index (χ2n) is 5.23. The number of halogens is 3. The Hall–Kier alpha value is -1.96. The van der Waals surface area contributed by atoms with Crippen LogP contribution < -0.4 is 5.32 Å². The van der Waals surface area contributed by atoms with Crippen molar-refractivity contribution >= 4 is 23.4 Å². The van der Waals surface area contributed by atoms with Crippen LogP contribution in [0.5, 0.6) is 0 Å². The Morgan fingerprint density at radius 3 is 2.78 bits per heavy atom. The lowest BCUT2D eigenvalue weighted by Crippen LogP contribution is -2.18. The Labute approximate surface area is 135 Å². The summed E-state index contributed by atoms with van der Waals surface area (Å²) >= 11 is 1.22. The molecule has 1 aromatic heterocycles. The Morgan fingerprint density at radius 1 is 1.35 bits per heavy atom. The van der Waals surface area contributed by atoms with Crippen molar-refractivity contribution in [2.45, 2.75) is 30.2 Å². The van der Waals surface area contributed by atoms with Gasteiger partial charge in [0.1, 0.15) is 0 Å². The van der Waals surface area contributed by atoms with E-state index < -0.39 is 17.6 Å². The molecule has 1 aliphatic carbocycles. The fraction of sp³-hybridized carbons (Fsp3) is 0.333. The molecule has 23 heavy (non-hydrogen) atoms. The number of benzene rings is 1. The number of carbonyl (C=O) groups is 1. The SMILES string of the molecule is O=C(CSc1nccn1C1CC1)Nc1ccccc1C(F)(F)F. The van der Waals surface area contributed by atoms with E-state index in [9.17, 15) is 18.0 Å². The van der Waals surface area contributed by atoms with E-state index in [2.05, 4.69) is 10.3 Å². The van der Waals surface area contributed by atoms with Crippen molar-refractivity contribution in [2.24, 2.45) is 0 Å². The van der Waals surface area contributed by atoms with Crippen LogP contribution in [0, 0.1) is 0 Å². The van der Waals surface area contributed by atoms with Crippen LogP contribution in [-0.4, -0.2) is 21.2 Å². The average Bonchev–Trinajstić information content (AvgIpc) is 3.23. The van der Waals surface area contributed by atoms with Crippen LogP contribution in [-0.2, 0) is 11.0 Å². The van der Waals surface area contributed by atoms with Gasteiger partial charge in [0.25, 0.3) is 0 Å². The largest absolute Gasteiger partial charge is 0.418 e. The number of nitrogens with one attached hydrogen (secondary N) is 1. The van der Waals surface area contributed by atoms with Crippen LogP contribution >= 0.6 is 11.8 Å². The molecule has 0 aliphatic heterocycles. The highest BCUT2D eigenvalue weighted by Gasteiger charge is 2.33. The summed E-state index contributed by atoms with van der Waals surface area (Å²) in [5, 5.41) is 3.04. The minimum absolute atomic E-state index is 0.00985. The Kier molecular flexibility index (Phi) is 4.34. The molecule has 0 radical (unpaired) electrons. The number of thioether (sulfide) groups is 1. The van der Waals surface area contributed by atoms with Crippen LogP contribution in [0.4, 0.5) is 18.9 Å². The van der Waals surface area contributed by atoms with Gasteiger partial charge >= 0.3 is 6.18 Å². The van der Waals surface area contributed by atoms with Gasteiger partial charge in [0.05, 0.1) is 17.0 Å². The fourth-order valence-corrected chi connectivity index (χ4v) is 3.02. The van der Waals surface area contributed by atoms with Gasteiger partial charge in [0.2, 0.25) is 5.91 Å². The van der Waals surface area contributed by atoms with E-state index in [1.54, 1.807) is 6.20 Å². The minimum Gasteiger partial charge on any atom is -0.325 e. The summed E-state index contributed by atoms with van der Waals surface area (Å²) in [6.45, 7) is 0. The van der Waals surface area contributed by atoms with Gasteiger partial charge in [-0.3, -0.25) is 4.79 Å². The van der Waals surface area contributed by atoms with E-state index in [-0.39, 0.29) is 11.4 Å². The lowest BCUT2D eigenvalue weighted by molar-refractivity contribution is -0.137. The number of anilines is 1. The molecule has 8 heteroatoms. The normalized spacial score (nSPS) is 14.7. The van der Waals surface area contributed by atoms with Gasteiger partial charge in [-0.15, -0.1) is 0 Å². The molecular formula is C15H14F3N3OS. The summed E-state index contributed by atoms with van der Waals surface area (Å²) in [6.07, 6.45) is 1.21. The highest BCUT2D eigenvalue weighted by atomic mass is 32.2. The lowest BCUT2D eigenvalue weighted by Gasteiger charge is -2.13. The quantitative estimate of drug-likeness (QED) is 0.837. The molecule has 1 amide bonds. The number of para-hydroxylation sites is 1. The molecular weight excluding hydrogens is 327 g/mol. The Balaban J connectivity index is 1.63. The number of imidazole rings is 1. The first-order valence-electron chi connectivity index (χ1n) is 7.07. The maximum absolute atomic E-state index is 12.9. The molecule has 0 saturated heterocycles. The third kappa shape index (κ3) is 3.87. The van der Waals surface area contributed by atoms with Gasteiger partial charge < -0.3 is 9.88 Å². The van der Waals surface area contributed by atoms with Crippen LogP contribution in [0.1, 0.15) is 24.4 Å². The van der Waals surface area contributed by atoms with Crippen molar-refractivity contribution in [3.8, 4) is 0 Å². The molecule has 1 N–H and O–H groups in total. The van der Waals surface area contributed by atoms with E-state index in [0.29, 0.717) is 11.2 Å². The predicted octanol–water partition coefficient (Wildman–Crippen LogP) is 3.97. The van der Waals surface area contributed by atoms with Crippen molar-refractivity contribution in [1.82, 2.24) is 9.55 Å². The maximum atomic E-state index is 12.9. The van der Waals surface area contributed by atoms with Gasteiger partial charge in [-0.25, -0.2) is 4.98 Å². The number of hydrogen-bond donors (Lipinski definition) is 1. The number of aromatic nitrogens is 2. The molecule has 122 valence electrons. The molecule has 3 rings (SSSR count). The van der Waals surface area contributed by atoms with Crippen molar-refractivity contribution in [3.05, 3.63) is 42.2 Å². The Morgan fingerprint density at radius 2 is 2.09 bits per heavy atom. The van der Waals surface area contributed by atoms with Crippen LogP contribution in [0.25, 0.3) is 0 Å². The summed E-state index contributed by atoms with van der Waals surface area (Å²) in [5.41, 5.74) is -1.08. The van der Waals surface area contributed by atoms with Crippen molar-refractivity contribution in [2.75, 3.05) is 11.1 Å². The predicted molar refractivity (Wildman–Crippen MR) is 81.3 cm³/mol. The standard InChI is InChI=1S/C15H14F3N3OS/c16-15(17,18)11-3-1-2-4-12(11)20-13(22)9-23-14-19-7-8-21(14)10-5-6-10/h1-4,7-8,10H,5-6,9H2,(H,20,22). The zero-order valence-electron chi connectivity index (χ0n) is 12.0. The molecule has 1 heterocycles. The zero-order chi connectivity index (χ0) is 16.4. The smallest absolute Gasteiger partial charge is 0.325 e. The van der Waals surface area contributed by atoms with Gasteiger partial charge in [0, 0.05) is 18.4 Å². The monoisotopic (exact) mass is 341 g/mol. The van der Waals surface area contributed by atoms with Crippen LogP contribution in [0.15, 0.2) is 41.8 Å². The molecule has 1 aliphatic rings. The third-order valence-corrected chi connectivity index (χ3v) is 4.39. The number of alkyl halides is 3. The molecule has 1 fully saturated rings. The van der Waals surface area contributed by atoms with Crippen molar-refractivity contribution in [3.63, 3.8) is 0 Å². The van der Waals surface area contributed by atoms with Gasteiger partial charge in [0.15, 0.2) is 5.16 Å². The van der Waals surface area contributed by atoms with Crippen molar-refractivity contribution in [1.29, 1.82) is 0 Å². The van der Waals surface area contributed by atoms with E-state index >= 15 is 0 Å². The maximum Gasteiger partial charge on any atom is 0.418 e. The summed E-state index contributed by atoms with van der Waals surface area (Å²) in [6, 6.07) is 5.38. The highest BCUT2D eigenvalue weighted by Crippen LogP contribution is 2.38. The van der Waals surface area contributed by atoms with E-state index in [1.807, 2.05) is 10.8 Å². The first kappa shape index (κ1) is 15.9. The number of rotatable bonds is 5. The zero-order valence-corrected chi connectivity index (χ0v) is 12.8. The highest BCUT2D eigenvalue weighted by molar-refractivity contribution is 7.99. The van der Waals surface area contributed by atoms with E-state index in [0.717, 1.165) is 18.9 Å². The van der Waals surface area contributed by atoms with E-state index in [1.165, 1.54) is 30.0 Å². The van der Waals surface area contributed by atoms with Gasteiger partial charge in [-0.2, -0.15) is 13.2 Å². The summed E-state index contributed by atoms with van der Waals surface area (Å²) in [7, 11) is 0. The molecule has 0 atom stereocenters. The third-order valence-electron chi connectivity index (χ3n) is 3.41. The van der Waals surface area contributed by atoms with E-state index in [4.69, 9.17) is 0 Å². The Bertz CT molecular complexity index is 710. The fourth-order valence-electron chi connectivity index (χ4n) is 2.20. The molecule has 0 spiro atoms. The van der Waals surface area contributed by atoms with Crippen LogP contribution in [0.3, 0.4) is 0 Å². The molecule has 0 unspecified atom stereocenters. The lowest BCUT2D eigenvalue weighted by atomic mass is 10.1. The van der Waals surface area contributed by atoms with Crippen molar-refractivity contribution < 1.29 is 18.0 Å². The number of nitrogens with zero attached hydrogens (tertiary/aromatic N) is 2. The van der Waals surface area contributed by atoms with Crippen LogP contribution in [0.2, 0.25) is 0 Å². The molecule has 1 aromatic carbocycles. The molecule has 0 bridgehead atoms. The number of carbonyl (C=O) groups excluding carboxylic acids is 1. The number of amides is 1. The second-order valence-corrected chi connectivity index (χ2v) is 6.17. The number of hydrogen-bond acceptors (Lipinski definition) is 3.